The molecule has 3 aromatic rings. The van der Waals surface area contributed by atoms with Crippen molar-refractivity contribution < 1.29 is 9.18 Å². The third kappa shape index (κ3) is 3.52. The predicted octanol–water partition coefficient (Wildman–Crippen LogP) is 3.29. The predicted molar refractivity (Wildman–Crippen MR) is 106 cm³/mol. The first kappa shape index (κ1) is 18.6. The molecule has 3 N–H and O–H groups in total. The lowest BCUT2D eigenvalue weighted by Gasteiger charge is -2.26. The third-order valence-corrected chi connectivity index (χ3v) is 4.96. The molecule has 1 unspecified atom stereocenters. The van der Waals surface area contributed by atoms with Gasteiger partial charge >= 0.3 is 0 Å². The summed E-state index contributed by atoms with van der Waals surface area (Å²) >= 11 is 6.66. The highest BCUT2D eigenvalue weighted by Gasteiger charge is 2.37. The van der Waals surface area contributed by atoms with E-state index in [4.69, 9.17) is 11.6 Å². The number of rotatable bonds is 6. The van der Waals surface area contributed by atoms with E-state index < -0.39 is 5.12 Å². The molecule has 28 heavy (non-hydrogen) atoms. The number of benzene rings is 1. The molecule has 4 rings (SSSR count). The molecule has 0 amide bonds. The quantitative estimate of drug-likeness (QED) is 0.337. The van der Waals surface area contributed by atoms with Gasteiger partial charge in [-0.3, -0.25) is 10.1 Å². The van der Waals surface area contributed by atoms with Crippen LogP contribution in [0, 0.1) is 5.82 Å². The van der Waals surface area contributed by atoms with Crippen LogP contribution in [0.1, 0.15) is 22.8 Å². The largest absolute Gasteiger partial charge is 0.345 e. The molecule has 1 aliphatic heterocycles. The van der Waals surface area contributed by atoms with Crippen LogP contribution in [-0.2, 0) is 6.54 Å². The maximum Gasteiger partial charge on any atom is 0.212 e. The number of ketones is 1. The summed E-state index contributed by atoms with van der Waals surface area (Å²) in [6.45, 7) is 2.88. The van der Waals surface area contributed by atoms with Crippen LogP contribution in [0.4, 0.5) is 4.39 Å². The second-order valence-corrected chi connectivity index (χ2v) is 7.10. The van der Waals surface area contributed by atoms with Crippen molar-refractivity contribution in [2.75, 3.05) is 6.54 Å². The van der Waals surface area contributed by atoms with E-state index in [2.05, 4.69) is 20.7 Å². The molecule has 6 nitrogen and oxygen atoms in total. The van der Waals surface area contributed by atoms with Crippen molar-refractivity contribution in [2.24, 2.45) is 0 Å². The van der Waals surface area contributed by atoms with Crippen LogP contribution in [0.3, 0.4) is 0 Å². The summed E-state index contributed by atoms with van der Waals surface area (Å²) in [6.07, 6.45) is 5.00. The average molecular weight is 400 g/mol. The summed E-state index contributed by atoms with van der Waals surface area (Å²) in [5.41, 5.74) is 5.64. The van der Waals surface area contributed by atoms with Gasteiger partial charge in [-0.25, -0.2) is 9.37 Å². The van der Waals surface area contributed by atoms with Crippen LogP contribution < -0.4 is 10.7 Å². The van der Waals surface area contributed by atoms with Crippen LogP contribution >= 0.6 is 11.6 Å². The fourth-order valence-electron chi connectivity index (χ4n) is 3.20. The molecule has 0 fully saturated rings. The molecule has 2 aromatic heterocycles. The highest BCUT2D eigenvalue weighted by Crippen LogP contribution is 2.28. The van der Waals surface area contributed by atoms with Gasteiger partial charge in [-0.2, -0.15) is 5.43 Å². The Morgan fingerprint density at radius 2 is 2.11 bits per heavy atom. The summed E-state index contributed by atoms with van der Waals surface area (Å²) in [5, 5.41) is 4.51. The minimum absolute atomic E-state index is 0.153. The average Bonchev–Trinajstić information content (AvgIpc) is 3.28. The lowest BCUT2D eigenvalue weighted by Crippen LogP contribution is -2.52. The number of nitrogens with zero attached hydrogens (tertiary/aromatic N) is 2. The van der Waals surface area contributed by atoms with Crippen molar-refractivity contribution in [1.82, 2.24) is 25.7 Å². The number of alkyl halides is 1. The van der Waals surface area contributed by atoms with E-state index in [0.29, 0.717) is 30.0 Å². The van der Waals surface area contributed by atoms with Crippen molar-refractivity contribution in [2.45, 2.75) is 18.6 Å². The number of aromatic nitrogens is 2. The number of hydrogen-bond donors (Lipinski definition) is 3. The number of carbonyl (C=O) groups is 1. The molecule has 8 heteroatoms. The van der Waals surface area contributed by atoms with Gasteiger partial charge in [0.2, 0.25) is 5.78 Å². The lowest BCUT2D eigenvalue weighted by molar-refractivity contribution is 0.0979. The summed E-state index contributed by atoms with van der Waals surface area (Å²) in [5.74, 6) is -0.443. The molecule has 0 spiro atoms. The van der Waals surface area contributed by atoms with Gasteiger partial charge in [0.05, 0.1) is 5.56 Å². The minimum atomic E-state index is -1.13. The Morgan fingerprint density at radius 3 is 2.86 bits per heavy atom. The monoisotopic (exact) mass is 399 g/mol. The number of halogens is 2. The normalized spacial score (nSPS) is 19.2. The van der Waals surface area contributed by atoms with Gasteiger partial charge in [-0.1, -0.05) is 23.7 Å². The standard InChI is InChI=1S/C20H19ClFN5O/c1-2-27-17(18(28)16-12-24-19-15(16)4-3-9-23-19)10-20(21,26-27)25-11-13-5-7-14(22)8-6-13/h3-10,12,25-26H,2,11H2,1H3,(H,23,24). The molecule has 3 heterocycles. The van der Waals surface area contributed by atoms with E-state index in [1.54, 1.807) is 41.7 Å². The molecule has 1 aromatic carbocycles. The van der Waals surface area contributed by atoms with E-state index >= 15 is 0 Å². The maximum absolute atomic E-state index is 13.2. The molecule has 0 saturated carbocycles. The Kier molecular flexibility index (Phi) is 4.89. The van der Waals surface area contributed by atoms with Gasteiger partial charge in [-0.15, -0.1) is 0 Å². The summed E-state index contributed by atoms with van der Waals surface area (Å²) < 4.78 is 13.1. The minimum Gasteiger partial charge on any atom is -0.345 e. The second kappa shape index (κ2) is 7.35. The molecule has 1 aliphatic rings. The topological polar surface area (TPSA) is 73.0 Å². The van der Waals surface area contributed by atoms with Crippen LogP contribution in [-0.4, -0.2) is 32.4 Å². The molecule has 0 aliphatic carbocycles. The number of nitrogens with one attached hydrogen (secondary N) is 3. The first-order chi connectivity index (χ1) is 13.5. The Morgan fingerprint density at radius 1 is 1.32 bits per heavy atom. The number of carbonyl (C=O) groups excluding carboxylic acids is 1. The van der Waals surface area contributed by atoms with Gasteiger partial charge in [0, 0.05) is 30.9 Å². The summed E-state index contributed by atoms with van der Waals surface area (Å²) in [6, 6.07) is 9.81. The van der Waals surface area contributed by atoms with E-state index in [9.17, 15) is 9.18 Å². The van der Waals surface area contributed by atoms with Gasteiger partial charge in [0.1, 0.15) is 17.2 Å². The SMILES string of the molecule is CCN1NC(Cl)(NCc2ccc(F)cc2)C=C1C(=O)c1c[nH]c2ncccc12. The van der Waals surface area contributed by atoms with Crippen LogP contribution in [0.25, 0.3) is 11.0 Å². The Hall–Kier alpha value is -2.74. The Bertz CT molecular complexity index is 1050. The number of allylic oxidation sites excluding steroid dienone is 1. The Balaban J connectivity index is 1.58. The highest BCUT2D eigenvalue weighted by atomic mass is 35.5. The van der Waals surface area contributed by atoms with Crippen LogP contribution in [0.2, 0.25) is 0 Å². The second-order valence-electron chi connectivity index (χ2n) is 6.51. The summed E-state index contributed by atoms with van der Waals surface area (Å²) in [4.78, 5) is 20.4. The first-order valence-corrected chi connectivity index (χ1v) is 9.30. The number of H-pyrrole nitrogens is 1. The number of hydrogen-bond acceptors (Lipinski definition) is 5. The van der Waals surface area contributed by atoms with Crippen molar-refractivity contribution >= 4 is 28.4 Å². The third-order valence-electron chi connectivity index (χ3n) is 4.63. The number of fused-ring (bicyclic) bond motifs is 1. The van der Waals surface area contributed by atoms with Gasteiger partial charge in [0.15, 0.2) is 5.12 Å². The zero-order chi connectivity index (χ0) is 19.7. The van der Waals surface area contributed by atoms with E-state index in [0.717, 1.165) is 10.9 Å². The molecule has 0 saturated heterocycles. The number of Topliss-reactive ketones (excluding diaryl/α,β-unsaturated/α-hetero) is 1. The molecule has 144 valence electrons. The number of pyridine rings is 1. The fourth-order valence-corrected chi connectivity index (χ4v) is 3.47. The van der Waals surface area contributed by atoms with Gasteiger partial charge < -0.3 is 9.99 Å². The van der Waals surface area contributed by atoms with Crippen LogP contribution in [0.15, 0.2) is 60.6 Å². The fraction of sp³-hybridized carbons (Fsp3) is 0.200. The van der Waals surface area contributed by atoms with Crippen molar-refractivity contribution in [1.29, 1.82) is 0 Å². The maximum atomic E-state index is 13.2. The van der Waals surface area contributed by atoms with E-state index in [-0.39, 0.29) is 11.6 Å². The number of hydrazine groups is 1. The zero-order valence-electron chi connectivity index (χ0n) is 15.2. The van der Waals surface area contributed by atoms with Crippen molar-refractivity contribution in [3.05, 3.63) is 77.5 Å². The smallest absolute Gasteiger partial charge is 0.212 e. The molecule has 0 bridgehead atoms. The molecule has 1 atom stereocenters. The zero-order valence-corrected chi connectivity index (χ0v) is 15.9. The van der Waals surface area contributed by atoms with Gasteiger partial charge in [0.25, 0.3) is 0 Å². The van der Waals surface area contributed by atoms with E-state index in [1.165, 1.54) is 12.1 Å². The molecule has 0 radical (unpaired) electrons. The lowest BCUT2D eigenvalue weighted by atomic mass is 10.1. The van der Waals surface area contributed by atoms with Gasteiger partial charge in [-0.05, 0) is 42.8 Å². The van der Waals surface area contributed by atoms with Crippen LogP contribution in [0.5, 0.6) is 0 Å². The molecular weight excluding hydrogens is 381 g/mol. The number of aromatic amines is 1. The summed E-state index contributed by atoms with van der Waals surface area (Å²) in [7, 11) is 0. The molecular formula is C20H19ClFN5O. The first-order valence-electron chi connectivity index (χ1n) is 8.92. The van der Waals surface area contributed by atoms with Crippen molar-refractivity contribution in [3.8, 4) is 0 Å². The number of likely N-dealkylation sites (N-methyl/N-ethyl adjacent to an activating group) is 1. The van der Waals surface area contributed by atoms with Crippen molar-refractivity contribution in [3.63, 3.8) is 0 Å². The van der Waals surface area contributed by atoms with E-state index in [1.807, 2.05) is 13.0 Å². The highest BCUT2D eigenvalue weighted by molar-refractivity contribution is 6.26. The Labute approximate surface area is 166 Å².